The van der Waals surface area contributed by atoms with E-state index in [1.54, 1.807) is 0 Å². The van der Waals surface area contributed by atoms with Crippen LogP contribution in [0.25, 0.3) is 0 Å². The van der Waals surface area contributed by atoms with E-state index in [4.69, 9.17) is 4.74 Å². The molecular formula is C12H10BrF2N3O. The van der Waals surface area contributed by atoms with Gasteiger partial charge in [0.25, 0.3) is 0 Å². The Hall–Kier alpha value is -1.76. The van der Waals surface area contributed by atoms with E-state index in [9.17, 15) is 8.78 Å². The maximum Gasteiger partial charge on any atom is 0.239 e. The SMILES string of the molecule is CCNc1ncnc(Oc2cccc(F)c2F)c1Br. The highest BCUT2D eigenvalue weighted by molar-refractivity contribution is 9.10. The van der Waals surface area contributed by atoms with Crippen LogP contribution in [-0.2, 0) is 0 Å². The largest absolute Gasteiger partial charge is 0.434 e. The second-order valence-corrected chi connectivity index (χ2v) is 4.32. The van der Waals surface area contributed by atoms with Crippen LogP contribution in [0.1, 0.15) is 6.92 Å². The molecule has 2 rings (SSSR count). The lowest BCUT2D eigenvalue weighted by molar-refractivity contribution is 0.403. The first-order valence-corrected chi connectivity index (χ1v) is 6.29. The lowest BCUT2D eigenvalue weighted by Crippen LogP contribution is -2.02. The summed E-state index contributed by atoms with van der Waals surface area (Å²) in [4.78, 5) is 7.87. The average Bonchev–Trinajstić information content (AvgIpc) is 2.40. The third-order valence-corrected chi connectivity index (χ3v) is 2.94. The number of ether oxygens (including phenoxy) is 1. The molecule has 0 aliphatic heterocycles. The van der Waals surface area contributed by atoms with Crippen LogP contribution in [0.4, 0.5) is 14.6 Å². The molecule has 0 spiro atoms. The Morgan fingerprint density at radius 1 is 1.32 bits per heavy atom. The monoisotopic (exact) mass is 329 g/mol. The Morgan fingerprint density at radius 3 is 2.84 bits per heavy atom. The van der Waals surface area contributed by atoms with Crippen molar-refractivity contribution < 1.29 is 13.5 Å². The molecular weight excluding hydrogens is 320 g/mol. The van der Waals surface area contributed by atoms with E-state index in [-0.39, 0.29) is 11.6 Å². The lowest BCUT2D eigenvalue weighted by Gasteiger charge is -2.10. The van der Waals surface area contributed by atoms with Crippen LogP contribution < -0.4 is 10.1 Å². The van der Waals surface area contributed by atoms with Gasteiger partial charge in [-0.1, -0.05) is 6.07 Å². The van der Waals surface area contributed by atoms with Gasteiger partial charge in [0.1, 0.15) is 16.6 Å². The van der Waals surface area contributed by atoms with E-state index in [2.05, 4.69) is 31.2 Å². The first kappa shape index (κ1) is 13.7. The van der Waals surface area contributed by atoms with Gasteiger partial charge in [0.2, 0.25) is 11.7 Å². The predicted molar refractivity (Wildman–Crippen MR) is 70.3 cm³/mol. The van der Waals surface area contributed by atoms with Gasteiger partial charge in [-0.2, -0.15) is 4.39 Å². The maximum atomic E-state index is 13.5. The molecule has 0 unspecified atom stereocenters. The number of aromatic nitrogens is 2. The Labute approximate surface area is 117 Å². The van der Waals surface area contributed by atoms with Gasteiger partial charge in [0.15, 0.2) is 11.6 Å². The van der Waals surface area contributed by atoms with E-state index < -0.39 is 11.6 Å². The second kappa shape index (κ2) is 5.92. The maximum absolute atomic E-state index is 13.5. The molecule has 4 nitrogen and oxygen atoms in total. The summed E-state index contributed by atoms with van der Waals surface area (Å²) in [7, 11) is 0. The number of nitrogens with one attached hydrogen (secondary N) is 1. The molecule has 19 heavy (non-hydrogen) atoms. The van der Waals surface area contributed by atoms with Gasteiger partial charge >= 0.3 is 0 Å². The van der Waals surface area contributed by atoms with Crippen LogP contribution in [0.5, 0.6) is 11.6 Å². The van der Waals surface area contributed by atoms with Crippen molar-refractivity contribution in [3.8, 4) is 11.6 Å². The van der Waals surface area contributed by atoms with Gasteiger partial charge in [-0.15, -0.1) is 0 Å². The molecule has 0 saturated carbocycles. The Bertz CT molecular complexity index is 595. The highest BCUT2D eigenvalue weighted by atomic mass is 79.9. The molecule has 2 aromatic rings. The summed E-state index contributed by atoms with van der Waals surface area (Å²) < 4.78 is 32.3. The smallest absolute Gasteiger partial charge is 0.239 e. The van der Waals surface area contributed by atoms with Gasteiger partial charge in [-0.05, 0) is 35.0 Å². The van der Waals surface area contributed by atoms with Crippen LogP contribution in [0.3, 0.4) is 0 Å². The van der Waals surface area contributed by atoms with E-state index in [0.29, 0.717) is 16.8 Å². The molecule has 0 radical (unpaired) electrons. The fourth-order valence-electron chi connectivity index (χ4n) is 1.38. The zero-order chi connectivity index (χ0) is 13.8. The van der Waals surface area contributed by atoms with E-state index in [1.807, 2.05) is 6.92 Å². The highest BCUT2D eigenvalue weighted by Crippen LogP contribution is 2.33. The van der Waals surface area contributed by atoms with Crippen molar-refractivity contribution in [3.05, 3.63) is 40.6 Å². The topological polar surface area (TPSA) is 47.0 Å². The highest BCUT2D eigenvalue weighted by Gasteiger charge is 2.14. The summed E-state index contributed by atoms with van der Waals surface area (Å²) in [6.07, 6.45) is 1.27. The second-order valence-electron chi connectivity index (χ2n) is 3.53. The molecule has 1 aromatic heterocycles. The molecule has 7 heteroatoms. The average molecular weight is 330 g/mol. The number of hydrogen-bond donors (Lipinski definition) is 1. The fraction of sp³-hybridized carbons (Fsp3) is 0.167. The minimum atomic E-state index is -1.06. The number of hydrogen-bond acceptors (Lipinski definition) is 4. The standard InChI is InChI=1S/C12H10BrF2N3O/c1-2-16-11-9(13)12(18-6-17-11)19-8-5-3-4-7(14)10(8)15/h3-6H,2H2,1H3,(H,16,17,18). The molecule has 1 N–H and O–H groups in total. The van der Waals surface area contributed by atoms with Gasteiger partial charge in [-0.25, -0.2) is 14.4 Å². The van der Waals surface area contributed by atoms with Crippen LogP contribution in [0.15, 0.2) is 29.0 Å². The Kier molecular flexibility index (Phi) is 4.26. The van der Waals surface area contributed by atoms with Crippen molar-refractivity contribution in [1.29, 1.82) is 0 Å². The molecule has 0 aliphatic carbocycles. The number of halogens is 3. The summed E-state index contributed by atoms with van der Waals surface area (Å²) in [5.74, 6) is -1.64. The molecule has 100 valence electrons. The normalized spacial score (nSPS) is 10.3. The van der Waals surface area contributed by atoms with E-state index in [0.717, 1.165) is 6.07 Å². The van der Waals surface area contributed by atoms with Crippen molar-refractivity contribution in [3.63, 3.8) is 0 Å². The minimum Gasteiger partial charge on any atom is -0.434 e. The quantitative estimate of drug-likeness (QED) is 0.928. The summed E-state index contributed by atoms with van der Waals surface area (Å²) in [6, 6.07) is 3.69. The Balaban J connectivity index is 2.33. The van der Waals surface area contributed by atoms with Crippen molar-refractivity contribution in [1.82, 2.24) is 9.97 Å². The Morgan fingerprint density at radius 2 is 2.11 bits per heavy atom. The first-order valence-electron chi connectivity index (χ1n) is 5.49. The molecule has 1 heterocycles. The van der Waals surface area contributed by atoms with Crippen molar-refractivity contribution in [2.75, 3.05) is 11.9 Å². The summed E-state index contributed by atoms with van der Waals surface area (Å²) in [6.45, 7) is 2.56. The predicted octanol–water partition coefficient (Wildman–Crippen LogP) is 3.74. The molecule has 0 amide bonds. The third-order valence-electron chi connectivity index (χ3n) is 2.22. The van der Waals surface area contributed by atoms with E-state index in [1.165, 1.54) is 18.5 Å². The van der Waals surface area contributed by atoms with Crippen molar-refractivity contribution >= 4 is 21.7 Å². The van der Waals surface area contributed by atoms with Crippen LogP contribution in [0, 0.1) is 11.6 Å². The zero-order valence-electron chi connectivity index (χ0n) is 9.95. The summed E-state index contributed by atoms with van der Waals surface area (Å²) >= 11 is 3.25. The van der Waals surface area contributed by atoms with Crippen molar-refractivity contribution in [2.45, 2.75) is 6.92 Å². The number of nitrogens with zero attached hydrogens (tertiary/aromatic N) is 2. The molecule has 0 bridgehead atoms. The summed E-state index contributed by atoms with van der Waals surface area (Å²) in [5, 5.41) is 2.98. The molecule has 0 saturated heterocycles. The zero-order valence-corrected chi connectivity index (χ0v) is 11.5. The lowest BCUT2D eigenvalue weighted by atomic mass is 10.3. The minimum absolute atomic E-state index is 0.107. The molecule has 0 aliphatic rings. The molecule has 0 fully saturated rings. The van der Waals surface area contributed by atoms with Crippen LogP contribution >= 0.6 is 15.9 Å². The van der Waals surface area contributed by atoms with Gasteiger partial charge in [0, 0.05) is 6.54 Å². The number of rotatable bonds is 4. The molecule has 0 atom stereocenters. The number of benzene rings is 1. The van der Waals surface area contributed by atoms with Crippen LogP contribution in [-0.4, -0.2) is 16.5 Å². The van der Waals surface area contributed by atoms with E-state index >= 15 is 0 Å². The van der Waals surface area contributed by atoms with Crippen LogP contribution in [0.2, 0.25) is 0 Å². The van der Waals surface area contributed by atoms with Gasteiger partial charge in [-0.3, -0.25) is 0 Å². The number of anilines is 1. The third kappa shape index (κ3) is 2.98. The van der Waals surface area contributed by atoms with Crippen molar-refractivity contribution in [2.24, 2.45) is 0 Å². The van der Waals surface area contributed by atoms with Gasteiger partial charge in [0.05, 0.1) is 0 Å². The summed E-state index contributed by atoms with van der Waals surface area (Å²) in [5.41, 5.74) is 0. The first-order chi connectivity index (χ1) is 9.13. The molecule has 1 aromatic carbocycles. The fourth-order valence-corrected chi connectivity index (χ4v) is 1.81. The van der Waals surface area contributed by atoms with Gasteiger partial charge < -0.3 is 10.1 Å².